The van der Waals surface area contributed by atoms with Crippen LogP contribution < -0.4 is 4.74 Å². The quantitative estimate of drug-likeness (QED) is 0.657. The lowest BCUT2D eigenvalue weighted by Crippen LogP contribution is -2.05. The molecular formula is C17H14O2S. The summed E-state index contributed by atoms with van der Waals surface area (Å²) in [4.78, 5) is 13.5. The molecule has 0 unspecified atom stereocenters. The number of ether oxygens (including phenoxy) is 1. The summed E-state index contributed by atoms with van der Waals surface area (Å²) in [7, 11) is 0. The highest BCUT2D eigenvalue weighted by molar-refractivity contribution is 7.12. The molecule has 0 amide bonds. The van der Waals surface area contributed by atoms with Gasteiger partial charge < -0.3 is 4.74 Å². The molecule has 0 radical (unpaired) electrons. The van der Waals surface area contributed by atoms with Gasteiger partial charge in [0, 0.05) is 0 Å². The van der Waals surface area contributed by atoms with Gasteiger partial charge in [-0.2, -0.15) is 0 Å². The minimum Gasteiger partial charge on any atom is -0.493 e. The molecule has 2 nitrogen and oxygen atoms in total. The standard InChI is InChI=1S/C17H14O2S/c1-2-19-14-10-9-12-6-3-4-7-13(12)16(14)17(18)15-8-5-11-20-15/h3-11H,2H2,1H3. The summed E-state index contributed by atoms with van der Waals surface area (Å²) in [6.45, 7) is 2.47. The zero-order valence-corrected chi connectivity index (χ0v) is 11.9. The molecule has 0 spiro atoms. The second-order valence-electron chi connectivity index (χ2n) is 4.40. The number of carbonyl (C=O) groups excluding carboxylic acids is 1. The normalized spacial score (nSPS) is 10.7. The zero-order valence-electron chi connectivity index (χ0n) is 11.1. The number of hydrogen-bond acceptors (Lipinski definition) is 3. The Bertz CT molecular complexity index is 745. The Morgan fingerprint density at radius 1 is 1.10 bits per heavy atom. The van der Waals surface area contributed by atoms with E-state index in [2.05, 4.69) is 0 Å². The van der Waals surface area contributed by atoms with Crippen molar-refractivity contribution in [2.45, 2.75) is 6.92 Å². The number of ketones is 1. The molecule has 0 saturated heterocycles. The molecule has 0 aliphatic rings. The highest BCUT2D eigenvalue weighted by atomic mass is 32.1. The maximum atomic E-state index is 12.7. The number of rotatable bonds is 4. The van der Waals surface area contributed by atoms with Crippen LogP contribution in [0.5, 0.6) is 5.75 Å². The van der Waals surface area contributed by atoms with Gasteiger partial charge in [-0.25, -0.2) is 0 Å². The predicted molar refractivity (Wildman–Crippen MR) is 82.9 cm³/mol. The van der Waals surface area contributed by atoms with Crippen LogP contribution in [0.25, 0.3) is 10.8 Å². The summed E-state index contributed by atoms with van der Waals surface area (Å²) in [5.74, 6) is 0.685. The highest BCUT2D eigenvalue weighted by Crippen LogP contribution is 2.31. The van der Waals surface area contributed by atoms with Crippen molar-refractivity contribution < 1.29 is 9.53 Å². The molecular weight excluding hydrogens is 268 g/mol. The Morgan fingerprint density at radius 3 is 2.70 bits per heavy atom. The van der Waals surface area contributed by atoms with E-state index in [9.17, 15) is 4.79 Å². The first-order valence-corrected chi connectivity index (χ1v) is 7.42. The third-order valence-electron chi connectivity index (χ3n) is 3.16. The van der Waals surface area contributed by atoms with E-state index in [1.807, 2.05) is 60.8 Å². The molecule has 3 heteroatoms. The average molecular weight is 282 g/mol. The van der Waals surface area contributed by atoms with Crippen molar-refractivity contribution in [3.05, 3.63) is 64.4 Å². The second kappa shape index (κ2) is 5.47. The molecule has 20 heavy (non-hydrogen) atoms. The predicted octanol–water partition coefficient (Wildman–Crippen LogP) is 4.53. The van der Waals surface area contributed by atoms with Gasteiger partial charge in [0.1, 0.15) is 5.75 Å². The van der Waals surface area contributed by atoms with Crippen LogP contribution >= 0.6 is 11.3 Å². The molecule has 1 heterocycles. The number of benzene rings is 2. The van der Waals surface area contributed by atoms with Gasteiger partial charge in [-0.15, -0.1) is 11.3 Å². The van der Waals surface area contributed by atoms with Crippen molar-refractivity contribution in [2.24, 2.45) is 0 Å². The summed E-state index contributed by atoms with van der Waals surface area (Å²) >= 11 is 1.46. The van der Waals surface area contributed by atoms with Gasteiger partial charge in [0.15, 0.2) is 0 Å². The fraction of sp³-hybridized carbons (Fsp3) is 0.118. The van der Waals surface area contributed by atoms with Crippen molar-refractivity contribution in [3.8, 4) is 5.75 Å². The lowest BCUT2D eigenvalue weighted by atomic mass is 9.99. The second-order valence-corrected chi connectivity index (χ2v) is 5.35. The average Bonchev–Trinajstić information content (AvgIpc) is 3.01. The molecule has 2 aromatic carbocycles. The van der Waals surface area contributed by atoms with Gasteiger partial charge in [-0.05, 0) is 35.2 Å². The lowest BCUT2D eigenvalue weighted by Gasteiger charge is -2.12. The van der Waals surface area contributed by atoms with Crippen LogP contribution in [0.2, 0.25) is 0 Å². The summed E-state index contributed by atoms with van der Waals surface area (Å²) in [5, 5.41) is 3.91. The Morgan fingerprint density at radius 2 is 1.95 bits per heavy atom. The van der Waals surface area contributed by atoms with Crippen LogP contribution in [0, 0.1) is 0 Å². The Hall–Kier alpha value is -2.13. The van der Waals surface area contributed by atoms with E-state index in [4.69, 9.17) is 4.74 Å². The first-order chi connectivity index (χ1) is 9.81. The molecule has 0 aliphatic carbocycles. The van der Waals surface area contributed by atoms with Crippen molar-refractivity contribution in [2.75, 3.05) is 6.61 Å². The molecule has 0 aliphatic heterocycles. The van der Waals surface area contributed by atoms with E-state index in [1.54, 1.807) is 0 Å². The molecule has 100 valence electrons. The van der Waals surface area contributed by atoms with Crippen LogP contribution in [-0.2, 0) is 0 Å². The number of fused-ring (bicyclic) bond motifs is 1. The molecule has 1 aromatic heterocycles. The van der Waals surface area contributed by atoms with E-state index < -0.39 is 0 Å². The summed E-state index contributed by atoms with van der Waals surface area (Å²) in [6, 6.07) is 15.5. The molecule has 0 bridgehead atoms. The minimum absolute atomic E-state index is 0.0280. The van der Waals surface area contributed by atoms with Crippen molar-refractivity contribution in [1.82, 2.24) is 0 Å². The smallest absolute Gasteiger partial charge is 0.207 e. The first-order valence-electron chi connectivity index (χ1n) is 6.54. The minimum atomic E-state index is 0.0280. The van der Waals surface area contributed by atoms with Gasteiger partial charge in [-0.3, -0.25) is 4.79 Å². The molecule has 0 N–H and O–H groups in total. The van der Waals surface area contributed by atoms with Crippen LogP contribution in [0.15, 0.2) is 53.9 Å². The molecule has 3 aromatic rings. The molecule has 0 saturated carbocycles. The summed E-state index contributed by atoms with van der Waals surface area (Å²) in [5.41, 5.74) is 0.660. The van der Waals surface area contributed by atoms with E-state index in [0.717, 1.165) is 15.6 Å². The van der Waals surface area contributed by atoms with Crippen LogP contribution in [-0.4, -0.2) is 12.4 Å². The topological polar surface area (TPSA) is 26.3 Å². The van der Waals surface area contributed by atoms with Gasteiger partial charge >= 0.3 is 0 Å². The van der Waals surface area contributed by atoms with Crippen molar-refractivity contribution >= 4 is 27.9 Å². The van der Waals surface area contributed by atoms with Gasteiger partial charge in [-0.1, -0.05) is 36.4 Å². The summed E-state index contributed by atoms with van der Waals surface area (Å²) in [6.07, 6.45) is 0. The van der Waals surface area contributed by atoms with Gasteiger partial charge in [0.05, 0.1) is 17.0 Å². The fourth-order valence-electron chi connectivity index (χ4n) is 2.29. The number of hydrogen-bond donors (Lipinski definition) is 0. The number of thiophene rings is 1. The van der Waals surface area contributed by atoms with Crippen molar-refractivity contribution in [3.63, 3.8) is 0 Å². The largest absolute Gasteiger partial charge is 0.493 e. The fourth-order valence-corrected chi connectivity index (χ4v) is 2.96. The highest BCUT2D eigenvalue weighted by Gasteiger charge is 2.18. The molecule has 3 rings (SSSR count). The maximum Gasteiger partial charge on any atom is 0.207 e. The van der Waals surface area contributed by atoms with Gasteiger partial charge in [0.2, 0.25) is 5.78 Å². The maximum absolute atomic E-state index is 12.7. The third-order valence-corrected chi connectivity index (χ3v) is 4.03. The third kappa shape index (κ3) is 2.21. The van der Waals surface area contributed by atoms with E-state index >= 15 is 0 Å². The molecule has 0 atom stereocenters. The van der Waals surface area contributed by atoms with Crippen LogP contribution in [0.4, 0.5) is 0 Å². The SMILES string of the molecule is CCOc1ccc2ccccc2c1C(=O)c1cccs1. The lowest BCUT2D eigenvalue weighted by molar-refractivity contribution is 0.104. The van der Waals surface area contributed by atoms with Crippen molar-refractivity contribution in [1.29, 1.82) is 0 Å². The number of carbonyl (C=O) groups is 1. The van der Waals surface area contributed by atoms with E-state index in [-0.39, 0.29) is 5.78 Å². The van der Waals surface area contributed by atoms with Gasteiger partial charge in [0.25, 0.3) is 0 Å². The Labute approximate surface area is 121 Å². The Balaban J connectivity index is 2.24. The van der Waals surface area contributed by atoms with Crippen LogP contribution in [0.1, 0.15) is 22.2 Å². The monoisotopic (exact) mass is 282 g/mol. The summed E-state index contributed by atoms with van der Waals surface area (Å²) < 4.78 is 5.65. The zero-order chi connectivity index (χ0) is 13.9. The van der Waals surface area contributed by atoms with E-state index in [1.165, 1.54) is 11.3 Å². The van der Waals surface area contributed by atoms with E-state index in [0.29, 0.717) is 17.9 Å². The van der Waals surface area contributed by atoms with Crippen LogP contribution in [0.3, 0.4) is 0 Å². The first kappa shape index (κ1) is 12.9. The Kier molecular flexibility index (Phi) is 3.52. The molecule has 0 fully saturated rings.